The second-order valence-corrected chi connectivity index (χ2v) is 8.27. The fourth-order valence-electron chi connectivity index (χ4n) is 2.52. The Hall–Kier alpha value is -2.38. The highest BCUT2D eigenvalue weighted by Crippen LogP contribution is 2.16. The topological polar surface area (TPSA) is 84.5 Å². The highest BCUT2D eigenvalue weighted by Gasteiger charge is 2.13. The minimum absolute atomic E-state index is 0.155. The Morgan fingerprint density at radius 1 is 0.964 bits per heavy atom. The van der Waals surface area contributed by atoms with Crippen molar-refractivity contribution in [2.24, 2.45) is 0 Å². The van der Waals surface area contributed by atoms with Gasteiger partial charge in [0.05, 0.1) is 4.90 Å². The van der Waals surface area contributed by atoms with E-state index >= 15 is 0 Å². The van der Waals surface area contributed by atoms with Crippen LogP contribution in [0.3, 0.4) is 0 Å². The molecule has 2 N–H and O–H groups in total. The van der Waals surface area contributed by atoms with Crippen molar-refractivity contribution in [3.8, 4) is 5.75 Å². The van der Waals surface area contributed by atoms with Crippen molar-refractivity contribution >= 4 is 21.6 Å². The number of ether oxygens (including phenoxy) is 1. The van der Waals surface area contributed by atoms with Crippen molar-refractivity contribution in [1.82, 2.24) is 4.72 Å². The van der Waals surface area contributed by atoms with Crippen LogP contribution in [0.15, 0.2) is 53.4 Å². The first-order valence-corrected chi connectivity index (χ1v) is 11.0. The molecule has 152 valence electrons. The van der Waals surface area contributed by atoms with Gasteiger partial charge in [0, 0.05) is 12.2 Å². The van der Waals surface area contributed by atoms with Gasteiger partial charge in [0.25, 0.3) is 5.91 Å². The van der Waals surface area contributed by atoms with E-state index in [1.54, 1.807) is 0 Å². The summed E-state index contributed by atoms with van der Waals surface area (Å²) in [7, 11) is -3.51. The van der Waals surface area contributed by atoms with Crippen LogP contribution in [0.25, 0.3) is 0 Å². The number of hydrogen-bond donors (Lipinski definition) is 2. The molecule has 7 heteroatoms. The Morgan fingerprint density at radius 3 is 2.25 bits per heavy atom. The first-order valence-electron chi connectivity index (χ1n) is 9.56. The third-order valence-electron chi connectivity index (χ3n) is 4.10. The average Bonchev–Trinajstić information content (AvgIpc) is 2.70. The van der Waals surface area contributed by atoms with Crippen LogP contribution in [-0.4, -0.2) is 27.5 Å². The summed E-state index contributed by atoms with van der Waals surface area (Å²) in [6, 6.07) is 13.8. The minimum Gasteiger partial charge on any atom is -0.484 e. The fraction of sp³-hybridized carbons (Fsp3) is 0.381. The smallest absolute Gasteiger partial charge is 0.262 e. The molecule has 0 fully saturated rings. The predicted octanol–water partition coefficient (Wildman–Crippen LogP) is 3.74. The number of amides is 1. The van der Waals surface area contributed by atoms with Crippen molar-refractivity contribution in [2.45, 2.75) is 44.4 Å². The summed E-state index contributed by atoms with van der Waals surface area (Å²) < 4.78 is 32.0. The summed E-state index contributed by atoms with van der Waals surface area (Å²) >= 11 is 0. The van der Waals surface area contributed by atoms with Crippen molar-refractivity contribution in [2.75, 3.05) is 18.5 Å². The molecule has 6 nitrogen and oxygen atoms in total. The number of unbranched alkanes of at least 4 members (excludes halogenated alkanes) is 1. The number of anilines is 1. The molecule has 0 saturated heterocycles. The number of hydrogen-bond acceptors (Lipinski definition) is 4. The van der Waals surface area contributed by atoms with E-state index in [4.69, 9.17) is 4.74 Å². The first-order chi connectivity index (χ1) is 13.4. The van der Waals surface area contributed by atoms with E-state index in [0.717, 1.165) is 31.4 Å². The van der Waals surface area contributed by atoms with Gasteiger partial charge in [0.1, 0.15) is 5.75 Å². The number of rotatable bonds is 11. The predicted molar refractivity (Wildman–Crippen MR) is 111 cm³/mol. The van der Waals surface area contributed by atoms with Crippen LogP contribution in [0.2, 0.25) is 0 Å². The number of carbonyl (C=O) groups is 1. The zero-order valence-electron chi connectivity index (χ0n) is 16.4. The number of aryl methyl sites for hydroxylation is 1. The van der Waals surface area contributed by atoms with Gasteiger partial charge in [0.15, 0.2) is 6.61 Å². The molecule has 0 radical (unpaired) electrons. The monoisotopic (exact) mass is 404 g/mol. The van der Waals surface area contributed by atoms with Gasteiger partial charge >= 0.3 is 0 Å². The van der Waals surface area contributed by atoms with Gasteiger partial charge in [-0.25, -0.2) is 13.1 Å². The lowest BCUT2D eigenvalue weighted by Gasteiger charge is -2.09. The molecule has 0 spiro atoms. The van der Waals surface area contributed by atoms with Crippen LogP contribution in [0.5, 0.6) is 5.75 Å². The van der Waals surface area contributed by atoms with Crippen molar-refractivity contribution < 1.29 is 17.9 Å². The standard InChI is InChI=1S/C21H28N2O4S/c1-3-5-6-17-7-9-18(10-8-17)23-21(24)16-27-19-11-13-20(14-12-19)28(25,26)22-15-4-2/h7-14,22H,3-6,15-16H2,1-2H3,(H,23,24). The number of benzene rings is 2. The van der Waals surface area contributed by atoms with Gasteiger partial charge in [0.2, 0.25) is 10.0 Å². The first kappa shape index (κ1) is 21.9. The van der Waals surface area contributed by atoms with Crippen LogP contribution >= 0.6 is 0 Å². The summed E-state index contributed by atoms with van der Waals surface area (Å²) in [6.45, 7) is 4.29. The van der Waals surface area contributed by atoms with Crippen LogP contribution in [0.1, 0.15) is 38.7 Å². The lowest BCUT2D eigenvalue weighted by molar-refractivity contribution is -0.118. The molecular weight excluding hydrogens is 376 g/mol. The van der Waals surface area contributed by atoms with E-state index < -0.39 is 10.0 Å². The van der Waals surface area contributed by atoms with Crippen molar-refractivity contribution in [3.63, 3.8) is 0 Å². The SMILES string of the molecule is CCCCc1ccc(NC(=O)COc2ccc(S(=O)(=O)NCCC)cc2)cc1. The second-order valence-electron chi connectivity index (χ2n) is 6.51. The number of carbonyl (C=O) groups excluding carboxylic acids is 1. The molecule has 0 saturated carbocycles. The van der Waals surface area contributed by atoms with E-state index in [1.807, 2.05) is 31.2 Å². The van der Waals surface area contributed by atoms with Crippen LogP contribution in [0, 0.1) is 0 Å². The van der Waals surface area contributed by atoms with Crippen LogP contribution in [0.4, 0.5) is 5.69 Å². The Balaban J connectivity index is 1.84. The van der Waals surface area contributed by atoms with E-state index in [2.05, 4.69) is 17.0 Å². The third kappa shape index (κ3) is 6.98. The van der Waals surface area contributed by atoms with Gasteiger partial charge in [-0.05, 0) is 61.2 Å². The summed E-state index contributed by atoms with van der Waals surface area (Å²) in [6.07, 6.45) is 4.05. The van der Waals surface area contributed by atoms with Gasteiger partial charge < -0.3 is 10.1 Å². The lowest BCUT2D eigenvalue weighted by Crippen LogP contribution is -2.24. The Kier molecular flexibility index (Phi) is 8.47. The van der Waals surface area contributed by atoms with Crippen LogP contribution < -0.4 is 14.8 Å². The van der Waals surface area contributed by atoms with Gasteiger partial charge in [-0.15, -0.1) is 0 Å². The molecular formula is C21H28N2O4S. The third-order valence-corrected chi connectivity index (χ3v) is 5.58. The number of nitrogens with one attached hydrogen (secondary N) is 2. The summed E-state index contributed by atoms with van der Waals surface area (Å²) in [5.74, 6) is 0.155. The minimum atomic E-state index is -3.51. The van der Waals surface area contributed by atoms with Crippen molar-refractivity contribution in [1.29, 1.82) is 0 Å². The average molecular weight is 405 g/mol. The molecule has 0 bridgehead atoms. The molecule has 0 unspecified atom stereocenters. The Morgan fingerprint density at radius 2 is 1.64 bits per heavy atom. The van der Waals surface area contributed by atoms with Crippen LogP contribution in [-0.2, 0) is 21.2 Å². The zero-order valence-corrected chi connectivity index (χ0v) is 17.2. The molecule has 0 heterocycles. The maximum Gasteiger partial charge on any atom is 0.262 e. The summed E-state index contributed by atoms with van der Waals surface area (Å²) in [4.78, 5) is 12.2. The molecule has 28 heavy (non-hydrogen) atoms. The highest BCUT2D eigenvalue weighted by atomic mass is 32.2. The largest absolute Gasteiger partial charge is 0.484 e. The molecule has 0 aliphatic rings. The number of sulfonamides is 1. The van der Waals surface area contributed by atoms with Crippen molar-refractivity contribution in [3.05, 3.63) is 54.1 Å². The molecule has 0 aliphatic carbocycles. The molecule has 1 amide bonds. The highest BCUT2D eigenvalue weighted by molar-refractivity contribution is 7.89. The maximum absolute atomic E-state index is 12.0. The Labute approximate surface area is 167 Å². The van der Waals surface area contributed by atoms with E-state index in [9.17, 15) is 13.2 Å². The second kappa shape index (κ2) is 10.8. The molecule has 2 aromatic carbocycles. The fourth-order valence-corrected chi connectivity index (χ4v) is 3.65. The zero-order chi connectivity index (χ0) is 20.4. The van der Waals surface area contributed by atoms with E-state index in [-0.39, 0.29) is 17.4 Å². The molecule has 0 atom stereocenters. The summed E-state index contributed by atoms with van der Waals surface area (Å²) in [5, 5.41) is 2.78. The quantitative estimate of drug-likeness (QED) is 0.598. The van der Waals surface area contributed by atoms with E-state index in [0.29, 0.717) is 12.3 Å². The molecule has 0 aliphatic heterocycles. The van der Waals surface area contributed by atoms with Gasteiger partial charge in [-0.3, -0.25) is 4.79 Å². The summed E-state index contributed by atoms with van der Waals surface area (Å²) in [5.41, 5.74) is 1.97. The molecule has 0 aromatic heterocycles. The lowest BCUT2D eigenvalue weighted by atomic mass is 10.1. The maximum atomic E-state index is 12.0. The molecule has 2 rings (SSSR count). The van der Waals surface area contributed by atoms with Gasteiger partial charge in [-0.1, -0.05) is 32.4 Å². The van der Waals surface area contributed by atoms with E-state index in [1.165, 1.54) is 29.8 Å². The normalized spacial score (nSPS) is 11.2. The molecule has 2 aromatic rings. The van der Waals surface area contributed by atoms with Gasteiger partial charge in [-0.2, -0.15) is 0 Å². The Bertz CT molecular complexity index is 847.